The maximum absolute atomic E-state index is 13.9. The fourth-order valence-electron chi connectivity index (χ4n) is 7.26. The second-order valence-corrected chi connectivity index (χ2v) is 18.7. The molecule has 0 bridgehead atoms. The van der Waals surface area contributed by atoms with Crippen LogP contribution in [0.25, 0.3) is 0 Å². The molecule has 2 saturated heterocycles. The number of hydrogen-bond acceptors (Lipinski definition) is 10. The lowest BCUT2D eigenvalue weighted by molar-refractivity contribution is -0.150. The average Bonchev–Trinajstić information content (AvgIpc) is 3.05. The Kier molecular flexibility index (Phi) is 11.5. The van der Waals surface area contributed by atoms with E-state index in [1.165, 1.54) is 32.9 Å². The number of benzene rings is 2. The summed E-state index contributed by atoms with van der Waals surface area (Å²) >= 11 is 0. The van der Waals surface area contributed by atoms with E-state index in [-0.39, 0.29) is 87.0 Å². The van der Waals surface area contributed by atoms with Gasteiger partial charge < -0.3 is 14.8 Å². The van der Waals surface area contributed by atoms with Gasteiger partial charge >= 0.3 is 5.97 Å². The molecule has 2 aromatic carbocycles. The highest BCUT2D eigenvalue weighted by Crippen LogP contribution is 2.35. The van der Waals surface area contributed by atoms with Gasteiger partial charge in [-0.1, -0.05) is 70.9 Å². The van der Waals surface area contributed by atoms with Crippen molar-refractivity contribution in [3.05, 3.63) is 58.7 Å². The van der Waals surface area contributed by atoms with Crippen molar-refractivity contribution in [3.63, 3.8) is 0 Å². The van der Waals surface area contributed by atoms with Gasteiger partial charge in [-0.05, 0) is 66.7 Å². The Morgan fingerprint density at radius 1 is 0.740 bits per heavy atom. The van der Waals surface area contributed by atoms with Gasteiger partial charge in [0.2, 0.25) is 20.0 Å². The molecule has 1 aliphatic carbocycles. The molecule has 0 spiro atoms. The summed E-state index contributed by atoms with van der Waals surface area (Å²) in [6, 6.07) is 9.10. The molecular formula is C36H50N4O8S2. The van der Waals surface area contributed by atoms with Gasteiger partial charge in [-0.3, -0.25) is 4.79 Å². The van der Waals surface area contributed by atoms with Gasteiger partial charge in [0.15, 0.2) is 6.61 Å². The fraction of sp³-hybridized carbons (Fsp3) is 0.583. The Bertz CT molecular complexity index is 1740. The van der Waals surface area contributed by atoms with Gasteiger partial charge in [-0.2, -0.15) is 8.61 Å². The van der Waals surface area contributed by atoms with Crippen LogP contribution < -0.4 is 0 Å². The minimum atomic E-state index is -3.92. The number of ether oxygens (including phenoxy) is 1. The molecule has 0 saturated carbocycles. The first kappa shape index (κ1) is 37.9. The van der Waals surface area contributed by atoms with E-state index in [2.05, 4.69) is 10.3 Å². The minimum absolute atomic E-state index is 0.0143. The van der Waals surface area contributed by atoms with E-state index in [0.29, 0.717) is 37.3 Å². The van der Waals surface area contributed by atoms with Crippen molar-refractivity contribution < 1.29 is 36.4 Å². The van der Waals surface area contributed by atoms with Crippen LogP contribution in [-0.2, 0) is 34.4 Å². The fourth-order valence-corrected chi connectivity index (χ4v) is 10.7. The van der Waals surface area contributed by atoms with Crippen molar-refractivity contribution in [3.8, 4) is 0 Å². The number of carbonyl (C=O) groups excluding carboxylic acids is 1. The van der Waals surface area contributed by atoms with Gasteiger partial charge in [-0.15, -0.1) is 0 Å². The van der Waals surface area contributed by atoms with E-state index in [1.54, 1.807) is 19.1 Å². The highest BCUT2D eigenvalue weighted by atomic mass is 32.2. The lowest BCUT2D eigenvalue weighted by Crippen LogP contribution is -2.42. The van der Waals surface area contributed by atoms with Gasteiger partial charge in [0.25, 0.3) is 0 Å². The zero-order chi connectivity index (χ0) is 36.5. The highest BCUT2D eigenvalue weighted by Gasteiger charge is 2.37. The van der Waals surface area contributed by atoms with E-state index in [1.807, 2.05) is 41.5 Å². The quantitative estimate of drug-likeness (QED) is 0.130. The maximum Gasteiger partial charge on any atom is 0.309 e. The zero-order valence-corrected chi connectivity index (χ0v) is 31.6. The smallest absolute Gasteiger partial charge is 0.309 e. The third-order valence-electron chi connectivity index (χ3n) is 10.00. The van der Waals surface area contributed by atoms with Gasteiger partial charge in [0.1, 0.15) is 18.0 Å². The largest absolute Gasteiger partial charge is 0.462 e. The van der Waals surface area contributed by atoms with Crippen LogP contribution in [-0.4, -0.2) is 87.4 Å². The molecule has 5 rings (SSSR count). The van der Waals surface area contributed by atoms with E-state index >= 15 is 0 Å². The summed E-state index contributed by atoms with van der Waals surface area (Å²) in [5, 5.41) is 18.4. The van der Waals surface area contributed by atoms with Crippen LogP contribution in [0.1, 0.15) is 83.6 Å². The van der Waals surface area contributed by atoms with Crippen LogP contribution in [0.4, 0.5) is 0 Å². The van der Waals surface area contributed by atoms with Crippen LogP contribution >= 0.6 is 0 Å². The minimum Gasteiger partial charge on any atom is -0.462 e. The predicted octanol–water partition coefficient (Wildman–Crippen LogP) is 5.16. The second-order valence-electron chi connectivity index (χ2n) is 14.9. The Balaban J connectivity index is 1.55. The van der Waals surface area contributed by atoms with Gasteiger partial charge in [0, 0.05) is 48.4 Å². The molecule has 274 valence electrons. The molecule has 5 atom stereocenters. The number of nitrogens with zero attached hydrogens (tertiary/aromatic N) is 4. The number of hydrogen-bond donors (Lipinski definition) is 1. The van der Waals surface area contributed by atoms with Crippen LogP contribution in [0.5, 0.6) is 0 Å². The third kappa shape index (κ3) is 7.78. The topological polar surface area (TPSA) is 155 Å². The van der Waals surface area contributed by atoms with Crippen molar-refractivity contribution in [1.29, 1.82) is 0 Å². The number of carbonyl (C=O) groups is 1. The molecule has 1 unspecified atom stereocenters. The third-order valence-corrected chi connectivity index (χ3v) is 13.7. The number of fused-ring (bicyclic) bond motifs is 2. The summed E-state index contributed by atoms with van der Waals surface area (Å²) in [6.45, 7) is 15.3. The number of esters is 1. The summed E-state index contributed by atoms with van der Waals surface area (Å²) < 4.78 is 64.1. The molecule has 0 radical (unpaired) electrons. The second kappa shape index (κ2) is 15.1. The molecule has 2 aliphatic heterocycles. The van der Waals surface area contributed by atoms with E-state index in [0.717, 1.165) is 12.8 Å². The molecule has 2 heterocycles. The normalized spacial score (nSPS) is 23.9. The molecule has 3 aliphatic rings. The van der Waals surface area contributed by atoms with Crippen molar-refractivity contribution in [2.24, 2.45) is 45.8 Å². The first-order valence-electron chi connectivity index (χ1n) is 17.4. The first-order chi connectivity index (χ1) is 23.5. The average molecular weight is 731 g/mol. The highest BCUT2D eigenvalue weighted by molar-refractivity contribution is 7.89. The SMILES string of the molecule is CC(C)C(C)C(=O)OCCON=C1c2ccc(S(=O)(=O)N3C[C@H](C)C[C@H](C)C3)cc2C(=NO)c2cc(S(=O)(=O)N3C[C@H](C)C[C@H](C)C3)ccc21. The van der Waals surface area contributed by atoms with E-state index < -0.39 is 20.0 Å². The van der Waals surface area contributed by atoms with E-state index in [4.69, 9.17) is 9.57 Å². The molecule has 1 N–H and O–H groups in total. The van der Waals surface area contributed by atoms with Crippen LogP contribution in [0.15, 0.2) is 56.5 Å². The van der Waals surface area contributed by atoms with Crippen LogP contribution in [0.3, 0.4) is 0 Å². The van der Waals surface area contributed by atoms with Crippen LogP contribution in [0.2, 0.25) is 0 Å². The summed E-state index contributed by atoms with van der Waals surface area (Å²) in [5.74, 6) is 0.284. The zero-order valence-electron chi connectivity index (χ0n) is 30.0. The number of piperidine rings is 2. The van der Waals surface area contributed by atoms with Gasteiger partial charge in [-0.25, -0.2) is 16.8 Å². The maximum atomic E-state index is 13.9. The van der Waals surface area contributed by atoms with Crippen LogP contribution in [0, 0.1) is 35.5 Å². The molecule has 50 heavy (non-hydrogen) atoms. The Morgan fingerprint density at radius 3 is 1.58 bits per heavy atom. The standard InChI is InChI=1S/C36H50N4O8S2/c1-22(2)27(7)36(41)47-12-13-48-38-35-30-10-8-28(49(43,44)39-18-23(3)14-24(4)19-39)16-32(30)34(37-42)33-17-29(9-11-31(33)35)50(45,46)40-20-25(5)15-26(6)21-40/h8-11,16-17,22-27,42H,12-15,18-21H2,1-7H3/t23-,24+,25-,26+,27?. The molecule has 2 aromatic rings. The van der Waals surface area contributed by atoms with Gasteiger partial charge in [0.05, 0.1) is 15.7 Å². The molecule has 14 heteroatoms. The number of rotatable bonds is 10. The molecule has 2 fully saturated rings. The molecular weight excluding hydrogens is 681 g/mol. The molecule has 0 aromatic heterocycles. The molecule has 12 nitrogen and oxygen atoms in total. The summed E-state index contributed by atoms with van der Waals surface area (Å²) in [4.78, 5) is 18.0. The summed E-state index contributed by atoms with van der Waals surface area (Å²) in [5.41, 5.74) is 1.69. The Labute approximate surface area is 296 Å². The Morgan fingerprint density at radius 2 is 1.18 bits per heavy atom. The van der Waals surface area contributed by atoms with Crippen molar-refractivity contribution in [2.45, 2.75) is 71.1 Å². The van der Waals surface area contributed by atoms with Crippen molar-refractivity contribution in [2.75, 3.05) is 39.4 Å². The monoisotopic (exact) mass is 730 g/mol. The first-order valence-corrected chi connectivity index (χ1v) is 20.3. The lowest BCUT2D eigenvalue weighted by Gasteiger charge is -2.34. The summed E-state index contributed by atoms with van der Waals surface area (Å²) in [7, 11) is -7.83. The van der Waals surface area contributed by atoms with Crippen molar-refractivity contribution in [1.82, 2.24) is 8.61 Å². The summed E-state index contributed by atoms with van der Waals surface area (Å²) in [6.07, 6.45) is 1.87. The van der Waals surface area contributed by atoms with E-state index in [9.17, 15) is 26.8 Å². The number of oxime groups is 2. The Hall–Kier alpha value is -3.33. The molecule has 0 amide bonds. The lowest BCUT2D eigenvalue weighted by atomic mass is 9.83. The number of sulfonamides is 2. The predicted molar refractivity (Wildman–Crippen MR) is 190 cm³/mol. The van der Waals surface area contributed by atoms with Crippen molar-refractivity contribution >= 4 is 37.4 Å².